The van der Waals surface area contributed by atoms with E-state index in [2.05, 4.69) is 15.5 Å². The Morgan fingerprint density at radius 1 is 1.03 bits per heavy atom. The molecule has 1 unspecified atom stereocenters. The van der Waals surface area contributed by atoms with Crippen molar-refractivity contribution < 1.29 is 18.7 Å². The number of hydrogen-bond acceptors (Lipinski definition) is 5. The number of hydrogen-bond donors (Lipinski definition) is 2. The summed E-state index contributed by atoms with van der Waals surface area (Å²) in [5.41, 5.74) is 4.58. The van der Waals surface area contributed by atoms with Crippen LogP contribution in [-0.2, 0) is 22.6 Å². The Morgan fingerprint density at radius 2 is 1.68 bits per heavy atom. The molecule has 4 rings (SSSR count). The minimum atomic E-state index is -0.696. The number of halogens is 1. The van der Waals surface area contributed by atoms with Gasteiger partial charge in [0.15, 0.2) is 0 Å². The van der Waals surface area contributed by atoms with Crippen molar-refractivity contribution in [2.24, 2.45) is 4.99 Å². The molecule has 0 aliphatic carbocycles. The highest BCUT2D eigenvalue weighted by atomic mass is 19.1. The van der Waals surface area contributed by atoms with Crippen LogP contribution >= 0.6 is 0 Å². The summed E-state index contributed by atoms with van der Waals surface area (Å²) in [6.07, 6.45) is -0.493. The molecule has 0 bridgehead atoms. The lowest BCUT2D eigenvalue weighted by Crippen LogP contribution is -2.32. The number of carbonyl (C=O) groups excluding carboxylic acids is 2. The molecule has 0 saturated heterocycles. The Morgan fingerprint density at radius 3 is 2.32 bits per heavy atom. The molecule has 0 spiro atoms. The number of benzene rings is 3. The van der Waals surface area contributed by atoms with Gasteiger partial charge in [-0.3, -0.25) is 9.79 Å². The standard InChI is InChI=1S/C30H33FN4O3/c1-30(2,3)38-29(37)32-17-19-6-10-21(11-7-19)27(33-23-13-8-20(9-14-23)18-35(4)5)26-24-15-12-22(31)16-25(24)34-28(26)36/h6-16,26H,17-18H2,1-5H3,(H,32,37)(H,34,36). The van der Waals surface area contributed by atoms with E-state index >= 15 is 0 Å². The Hall–Kier alpha value is -4.04. The van der Waals surface area contributed by atoms with Crippen molar-refractivity contribution in [3.05, 3.63) is 94.8 Å². The largest absolute Gasteiger partial charge is 0.444 e. The number of aliphatic imine (C=N–C) groups is 1. The number of rotatable bonds is 7. The number of anilines is 1. The molecule has 0 saturated carbocycles. The molecule has 3 aromatic rings. The third-order valence-corrected chi connectivity index (χ3v) is 5.89. The monoisotopic (exact) mass is 516 g/mol. The van der Waals surface area contributed by atoms with Gasteiger partial charge in [-0.25, -0.2) is 9.18 Å². The van der Waals surface area contributed by atoms with Crippen molar-refractivity contribution >= 4 is 29.1 Å². The lowest BCUT2D eigenvalue weighted by Gasteiger charge is -2.19. The van der Waals surface area contributed by atoms with Crippen LogP contribution in [0.5, 0.6) is 0 Å². The van der Waals surface area contributed by atoms with Gasteiger partial charge in [0, 0.05) is 18.8 Å². The number of carbonyl (C=O) groups is 2. The summed E-state index contributed by atoms with van der Waals surface area (Å²) < 4.78 is 19.2. The Labute approximate surface area is 222 Å². The molecule has 1 aliphatic rings. The number of nitrogens with one attached hydrogen (secondary N) is 2. The van der Waals surface area contributed by atoms with Crippen LogP contribution in [-0.4, -0.2) is 42.3 Å². The first-order valence-electron chi connectivity index (χ1n) is 12.5. The molecule has 38 heavy (non-hydrogen) atoms. The number of fused-ring (bicyclic) bond motifs is 1. The van der Waals surface area contributed by atoms with Crippen LogP contribution in [0.1, 0.15) is 48.9 Å². The van der Waals surface area contributed by atoms with Gasteiger partial charge < -0.3 is 20.3 Å². The number of ether oxygens (including phenoxy) is 1. The van der Waals surface area contributed by atoms with Gasteiger partial charge in [0.05, 0.1) is 11.4 Å². The Balaban J connectivity index is 1.65. The Kier molecular flexibility index (Phi) is 7.92. The van der Waals surface area contributed by atoms with Gasteiger partial charge in [0.25, 0.3) is 0 Å². The van der Waals surface area contributed by atoms with Gasteiger partial charge in [-0.05, 0) is 81.4 Å². The molecule has 7 nitrogen and oxygen atoms in total. The SMILES string of the molecule is CN(C)Cc1ccc(N=C(c2ccc(CNC(=O)OC(C)(C)C)cc2)C2C(=O)Nc3cc(F)ccc32)cc1. The third-order valence-electron chi connectivity index (χ3n) is 5.89. The van der Waals surface area contributed by atoms with Crippen LogP contribution in [0.25, 0.3) is 0 Å². The lowest BCUT2D eigenvalue weighted by atomic mass is 9.90. The lowest BCUT2D eigenvalue weighted by molar-refractivity contribution is -0.115. The smallest absolute Gasteiger partial charge is 0.407 e. The van der Waals surface area contributed by atoms with Crippen molar-refractivity contribution in [1.82, 2.24) is 10.2 Å². The van der Waals surface area contributed by atoms with Gasteiger partial charge in [0.2, 0.25) is 5.91 Å². The maximum atomic E-state index is 13.9. The van der Waals surface area contributed by atoms with E-state index in [1.165, 1.54) is 12.1 Å². The molecular formula is C30H33FN4O3. The van der Waals surface area contributed by atoms with Gasteiger partial charge in [0.1, 0.15) is 17.3 Å². The fourth-order valence-electron chi connectivity index (χ4n) is 4.26. The Bertz CT molecular complexity index is 1340. The number of nitrogens with zero attached hydrogens (tertiary/aromatic N) is 2. The first-order valence-corrected chi connectivity index (χ1v) is 12.5. The van der Waals surface area contributed by atoms with E-state index in [4.69, 9.17) is 9.73 Å². The van der Waals surface area contributed by atoms with Crippen LogP contribution in [0.15, 0.2) is 71.7 Å². The highest BCUT2D eigenvalue weighted by Gasteiger charge is 2.35. The highest BCUT2D eigenvalue weighted by molar-refractivity contribution is 6.24. The molecule has 2 N–H and O–H groups in total. The molecule has 1 aliphatic heterocycles. The number of alkyl carbamates (subject to hydrolysis) is 1. The van der Waals surface area contributed by atoms with E-state index in [-0.39, 0.29) is 5.91 Å². The van der Waals surface area contributed by atoms with Gasteiger partial charge in [-0.15, -0.1) is 0 Å². The summed E-state index contributed by atoms with van der Waals surface area (Å²) >= 11 is 0. The molecule has 198 valence electrons. The van der Waals surface area contributed by atoms with E-state index in [1.807, 2.05) is 83.4 Å². The maximum Gasteiger partial charge on any atom is 0.407 e. The summed E-state index contributed by atoms with van der Waals surface area (Å²) in [7, 11) is 4.02. The normalized spacial score (nSPS) is 15.3. The molecule has 0 aromatic heterocycles. The van der Waals surface area contributed by atoms with Gasteiger partial charge in [-0.2, -0.15) is 0 Å². The molecular weight excluding hydrogens is 483 g/mol. The van der Waals surface area contributed by atoms with Crippen molar-refractivity contribution in [2.45, 2.75) is 45.4 Å². The first-order chi connectivity index (χ1) is 18.0. The number of amides is 2. The zero-order valence-corrected chi connectivity index (χ0v) is 22.3. The molecule has 1 heterocycles. The van der Waals surface area contributed by atoms with E-state index in [1.54, 1.807) is 6.07 Å². The predicted octanol–water partition coefficient (Wildman–Crippen LogP) is 5.77. The van der Waals surface area contributed by atoms with E-state index in [0.29, 0.717) is 29.2 Å². The van der Waals surface area contributed by atoms with Crippen LogP contribution in [0.4, 0.5) is 20.6 Å². The summed E-state index contributed by atoms with van der Waals surface area (Å²) in [4.78, 5) is 32.1. The van der Waals surface area contributed by atoms with Crippen molar-refractivity contribution in [3.63, 3.8) is 0 Å². The molecule has 0 fully saturated rings. The van der Waals surface area contributed by atoms with E-state index in [9.17, 15) is 14.0 Å². The second-order valence-corrected chi connectivity index (χ2v) is 10.6. The average molecular weight is 517 g/mol. The van der Waals surface area contributed by atoms with Crippen molar-refractivity contribution in [1.29, 1.82) is 0 Å². The minimum Gasteiger partial charge on any atom is -0.444 e. The van der Waals surface area contributed by atoms with E-state index in [0.717, 1.165) is 23.2 Å². The maximum absolute atomic E-state index is 13.9. The van der Waals surface area contributed by atoms with Crippen LogP contribution in [0.2, 0.25) is 0 Å². The molecule has 3 aromatic carbocycles. The second kappa shape index (κ2) is 11.1. The summed E-state index contributed by atoms with van der Waals surface area (Å²) in [6.45, 7) is 6.53. The summed E-state index contributed by atoms with van der Waals surface area (Å²) in [5, 5.41) is 5.54. The zero-order valence-electron chi connectivity index (χ0n) is 22.3. The highest BCUT2D eigenvalue weighted by Crippen LogP contribution is 2.36. The topological polar surface area (TPSA) is 83.0 Å². The first kappa shape index (κ1) is 27.0. The van der Waals surface area contributed by atoms with Crippen LogP contribution in [0.3, 0.4) is 0 Å². The van der Waals surface area contributed by atoms with Crippen LogP contribution in [0, 0.1) is 5.82 Å². The van der Waals surface area contributed by atoms with Crippen molar-refractivity contribution in [3.8, 4) is 0 Å². The predicted molar refractivity (Wildman–Crippen MR) is 147 cm³/mol. The zero-order chi connectivity index (χ0) is 27.4. The fourth-order valence-corrected chi connectivity index (χ4v) is 4.26. The minimum absolute atomic E-state index is 0.260. The summed E-state index contributed by atoms with van der Waals surface area (Å²) in [6, 6.07) is 19.7. The third kappa shape index (κ3) is 6.83. The quantitative estimate of drug-likeness (QED) is 0.391. The average Bonchev–Trinajstić information content (AvgIpc) is 3.15. The summed E-state index contributed by atoms with van der Waals surface area (Å²) in [5.74, 6) is -1.37. The second-order valence-electron chi connectivity index (χ2n) is 10.6. The molecule has 1 atom stereocenters. The van der Waals surface area contributed by atoms with E-state index < -0.39 is 23.4 Å². The van der Waals surface area contributed by atoms with Gasteiger partial charge >= 0.3 is 6.09 Å². The molecule has 8 heteroatoms. The fraction of sp³-hybridized carbons (Fsp3) is 0.300. The van der Waals surface area contributed by atoms with Gasteiger partial charge in [-0.1, -0.05) is 42.5 Å². The molecule has 2 amide bonds. The molecule has 0 radical (unpaired) electrons. The van der Waals surface area contributed by atoms with Crippen molar-refractivity contribution in [2.75, 3.05) is 19.4 Å². The van der Waals surface area contributed by atoms with Crippen LogP contribution < -0.4 is 10.6 Å².